The monoisotopic (exact) mass is 241 g/mol. The van der Waals surface area contributed by atoms with E-state index in [1.807, 2.05) is 0 Å². The van der Waals surface area contributed by atoms with Gasteiger partial charge in [0.05, 0.1) is 11.9 Å². The van der Waals surface area contributed by atoms with Crippen LogP contribution in [0, 0.1) is 0 Å². The van der Waals surface area contributed by atoms with Crippen LogP contribution in [0.2, 0.25) is 0 Å². The van der Waals surface area contributed by atoms with E-state index in [0.29, 0.717) is 18.6 Å². The summed E-state index contributed by atoms with van der Waals surface area (Å²) in [5.41, 5.74) is 5.56. The molecule has 0 atom stereocenters. The SMILES string of the molecule is COc1ccccc1S(=O)(=O)C1(CN)CC1. The Labute approximate surface area is 95.3 Å². The molecule has 1 aromatic carbocycles. The van der Waals surface area contributed by atoms with Crippen molar-refractivity contribution in [2.45, 2.75) is 22.5 Å². The van der Waals surface area contributed by atoms with Crippen molar-refractivity contribution in [3.8, 4) is 5.75 Å². The fraction of sp³-hybridized carbons (Fsp3) is 0.455. The van der Waals surface area contributed by atoms with Crippen molar-refractivity contribution >= 4 is 9.84 Å². The van der Waals surface area contributed by atoms with Crippen molar-refractivity contribution in [3.63, 3.8) is 0 Å². The summed E-state index contributed by atoms with van der Waals surface area (Å²) >= 11 is 0. The molecule has 88 valence electrons. The molecule has 16 heavy (non-hydrogen) atoms. The number of sulfone groups is 1. The van der Waals surface area contributed by atoms with Gasteiger partial charge in [-0.3, -0.25) is 0 Å². The standard InChI is InChI=1S/C11H15NO3S/c1-15-9-4-2-3-5-10(9)16(13,14)11(8-12)6-7-11/h2-5H,6-8,12H2,1H3. The Balaban J connectivity index is 2.52. The summed E-state index contributed by atoms with van der Waals surface area (Å²) < 4.78 is 29.1. The molecule has 1 saturated carbocycles. The zero-order chi connectivity index (χ0) is 11.8. The van der Waals surface area contributed by atoms with Crippen molar-refractivity contribution in [2.75, 3.05) is 13.7 Å². The average molecular weight is 241 g/mol. The molecule has 1 aliphatic carbocycles. The Kier molecular flexibility index (Phi) is 2.67. The molecule has 1 aliphatic rings. The molecule has 0 saturated heterocycles. The Morgan fingerprint density at radius 1 is 1.38 bits per heavy atom. The molecular formula is C11H15NO3S. The normalized spacial score (nSPS) is 18.1. The highest BCUT2D eigenvalue weighted by Crippen LogP contribution is 2.47. The van der Waals surface area contributed by atoms with Crippen LogP contribution in [-0.4, -0.2) is 26.8 Å². The van der Waals surface area contributed by atoms with Gasteiger partial charge < -0.3 is 10.5 Å². The number of hydrogen-bond acceptors (Lipinski definition) is 4. The summed E-state index contributed by atoms with van der Waals surface area (Å²) in [5.74, 6) is 0.391. The molecule has 0 unspecified atom stereocenters. The number of methoxy groups -OCH3 is 1. The first-order valence-electron chi connectivity index (χ1n) is 5.15. The van der Waals surface area contributed by atoms with Crippen molar-refractivity contribution in [1.29, 1.82) is 0 Å². The summed E-state index contributed by atoms with van der Waals surface area (Å²) in [7, 11) is -1.90. The Hall–Kier alpha value is -1.07. The third-order valence-corrected chi connectivity index (χ3v) is 5.74. The van der Waals surface area contributed by atoms with Crippen molar-refractivity contribution in [2.24, 2.45) is 5.73 Å². The minimum atomic E-state index is -3.37. The topological polar surface area (TPSA) is 69.4 Å². The van der Waals surface area contributed by atoms with E-state index in [-0.39, 0.29) is 11.4 Å². The quantitative estimate of drug-likeness (QED) is 0.852. The van der Waals surface area contributed by atoms with E-state index in [1.165, 1.54) is 7.11 Å². The van der Waals surface area contributed by atoms with Crippen LogP contribution in [0.4, 0.5) is 0 Å². The minimum absolute atomic E-state index is 0.174. The third-order valence-electron chi connectivity index (χ3n) is 3.11. The number of ether oxygens (including phenoxy) is 1. The lowest BCUT2D eigenvalue weighted by Gasteiger charge is -2.16. The van der Waals surface area contributed by atoms with Crippen LogP contribution in [0.3, 0.4) is 0 Å². The molecule has 0 aliphatic heterocycles. The highest BCUT2D eigenvalue weighted by Gasteiger charge is 2.54. The number of nitrogens with two attached hydrogens (primary N) is 1. The van der Waals surface area contributed by atoms with Crippen molar-refractivity contribution in [1.82, 2.24) is 0 Å². The Morgan fingerprint density at radius 3 is 2.50 bits per heavy atom. The van der Waals surface area contributed by atoms with E-state index in [1.54, 1.807) is 24.3 Å². The fourth-order valence-corrected chi connectivity index (χ4v) is 3.80. The summed E-state index contributed by atoms with van der Waals surface area (Å²) in [5, 5.41) is 0. The highest BCUT2D eigenvalue weighted by molar-refractivity contribution is 7.93. The van der Waals surface area contributed by atoms with Crippen LogP contribution < -0.4 is 10.5 Å². The van der Waals surface area contributed by atoms with Crippen LogP contribution in [0.5, 0.6) is 5.75 Å². The van der Waals surface area contributed by atoms with Gasteiger partial charge in [-0.15, -0.1) is 0 Å². The van der Waals surface area contributed by atoms with Gasteiger partial charge >= 0.3 is 0 Å². The maximum absolute atomic E-state index is 12.4. The summed E-state index contributed by atoms with van der Waals surface area (Å²) in [6.07, 6.45) is 1.29. The lowest BCUT2D eigenvalue weighted by atomic mass is 10.3. The maximum Gasteiger partial charge on any atom is 0.188 e. The minimum Gasteiger partial charge on any atom is -0.495 e. The van der Waals surface area contributed by atoms with Gasteiger partial charge in [-0.05, 0) is 25.0 Å². The molecule has 1 aromatic rings. The zero-order valence-corrected chi connectivity index (χ0v) is 9.96. The number of para-hydroxylation sites is 1. The first-order chi connectivity index (χ1) is 7.57. The predicted octanol–water partition coefficient (Wildman–Crippen LogP) is 0.960. The van der Waals surface area contributed by atoms with Crippen LogP contribution in [0.1, 0.15) is 12.8 Å². The van der Waals surface area contributed by atoms with Gasteiger partial charge in [0.25, 0.3) is 0 Å². The summed E-state index contributed by atoms with van der Waals surface area (Å²) in [6, 6.07) is 6.67. The lowest BCUT2D eigenvalue weighted by Crippen LogP contribution is -2.32. The second kappa shape index (κ2) is 3.75. The van der Waals surface area contributed by atoms with E-state index in [9.17, 15) is 8.42 Å². The average Bonchev–Trinajstić information content (AvgIpc) is 3.10. The molecule has 0 bridgehead atoms. The smallest absolute Gasteiger partial charge is 0.188 e. The van der Waals surface area contributed by atoms with Gasteiger partial charge in [-0.2, -0.15) is 0 Å². The van der Waals surface area contributed by atoms with Gasteiger partial charge in [0.2, 0.25) is 0 Å². The highest BCUT2D eigenvalue weighted by atomic mass is 32.2. The maximum atomic E-state index is 12.4. The molecular weight excluding hydrogens is 226 g/mol. The van der Waals surface area contributed by atoms with Gasteiger partial charge in [0, 0.05) is 6.54 Å². The molecule has 0 spiro atoms. The zero-order valence-electron chi connectivity index (χ0n) is 9.14. The molecule has 4 nitrogen and oxygen atoms in total. The first-order valence-corrected chi connectivity index (χ1v) is 6.63. The summed E-state index contributed by atoms with van der Waals surface area (Å²) in [6.45, 7) is 0.174. The largest absolute Gasteiger partial charge is 0.495 e. The van der Waals surface area contributed by atoms with Crippen LogP contribution >= 0.6 is 0 Å². The Morgan fingerprint density at radius 2 is 2.00 bits per heavy atom. The van der Waals surface area contributed by atoms with Gasteiger partial charge in [-0.25, -0.2) is 8.42 Å². The molecule has 0 radical (unpaired) electrons. The van der Waals surface area contributed by atoms with E-state index >= 15 is 0 Å². The van der Waals surface area contributed by atoms with Gasteiger partial charge in [0.1, 0.15) is 10.6 Å². The van der Waals surface area contributed by atoms with Crippen molar-refractivity contribution < 1.29 is 13.2 Å². The first kappa shape index (κ1) is 11.4. The van der Waals surface area contributed by atoms with E-state index in [4.69, 9.17) is 10.5 Å². The molecule has 1 fully saturated rings. The van der Waals surface area contributed by atoms with E-state index < -0.39 is 14.6 Å². The summed E-state index contributed by atoms with van der Waals surface area (Å²) in [4.78, 5) is 0.250. The van der Waals surface area contributed by atoms with Crippen LogP contribution in [0.25, 0.3) is 0 Å². The third kappa shape index (κ3) is 1.51. The van der Waals surface area contributed by atoms with E-state index in [2.05, 4.69) is 0 Å². The molecule has 0 aromatic heterocycles. The predicted molar refractivity (Wildman–Crippen MR) is 61.2 cm³/mol. The fourth-order valence-electron chi connectivity index (χ4n) is 1.80. The van der Waals surface area contributed by atoms with Crippen molar-refractivity contribution in [3.05, 3.63) is 24.3 Å². The van der Waals surface area contributed by atoms with Crippen LogP contribution in [-0.2, 0) is 9.84 Å². The lowest BCUT2D eigenvalue weighted by molar-refractivity contribution is 0.402. The van der Waals surface area contributed by atoms with Gasteiger partial charge in [0.15, 0.2) is 9.84 Å². The number of hydrogen-bond donors (Lipinski definition) is 1. The molecule has 2 rings (SSSR count). The van der Waals surface area contributed by atoms with E-state index in [0.717, 1.165) is 0 Å². The molecule has 0 heterocycles. The molecule has 2 N–H and O–H groups in total. The second-order valence-corrected chi connectivity index (χ2v) is 6.35. The second-order valence-electron chi connectivity index (χ2n) is 4.04. The van der Waals surface area contributed by atoms with Crippen LogP contribution in [0.15, 0.2) is 29.2 Å². The molecule has 0 amide bonds. The molecule has 5 heteroatoms. The van der Waals surface area contributed by atoms with Gasteiger partial charge in [-0.1, -0.05) is 12.1 Å². The number of rotatable bonds is 4. The Bertz CT molecular complexity index is 492. The number of benzene rings is 1.